The van der Waals surface area contributed by atoms with E-state index in [1.165, 1.54) is 11.2 Å². The van der Waals surface area contributed by atoms with Crippen LogP contribution in [0.1, 0.15) is 31.7 Å². The lowest BCUT2D eigenvalue weighted by molar-refractivity contribution is 0.122. The SMILES string of the molecule is Nc1c(-c2ccc(NS(=O)(=O)C3CC3)cc2)n(C2CC2)c2cc(N3CCOCC3)ccc12. The fraction of sp³-hybridized carbons (Fsp3) is 0.417. The number of hydrogen-bond donors (Lipinski definition) is 2. The first-order valence-electron chi connectivity index (χ1n) is 11.4. The molecular formula is C24H28N4O3S. The minimum atomic E-state index is -3.27. The van der Waals surface area contributed by atoms with Gasteiger partial charge in [-0.1, -0.05) is 12.1 Å². The Kier molecular flexibility index (Phi) is 4.62. The topological polar surface area (TPSA) is 89.6 Å². The molecule has 168 valence electrons. The molecule has 2 aliphatic carbocycles. The summed E-state index contributed by atoms with van der Waals surface area (Å²) in [5.41, 5.74) is 12.5. The second-order valence-electron chi connectivity index (χ2n) is 9.09. The van der Waals surface area contributed by atoms with Crippen LogP contribution in [-0.4, -0.2) is 44.5 Å². The van der Waals surface area contributed by atoms with Crippen molar-refractivity contribution in [3.05, 3.63) is 42.5 Å². The first kappa shape index (κ1) is 19.9. The Hall–Kier alpha value is -2.71. The molecule has 0 spiro atoms. The van der Waals surface area contributed by atoms with Crippen molar-refractivity contribution in [3.8, 4) is 11.3 Å². The molecule has 3 aliphatic rings. The van der Waals surface area contributed by atoms with Crippen LogP contribution in [0, 0.1) is 0 Å². The standard InChI is InChI=1S/C24H28N4O3S/c25-23-21-10-7-19(27-11-13-31-14-12-27)15-22(21)28(18-5-6-18)24(23)16-1-3-17(4-2-16)26-32(29,30)20-8-9-20/h1-4,7,10,15,18,20,26H,5-6,8-9,11-14,25H2. The number of nitrogens with zero attached hydrogens (tertiary/aromatic N) is 2. The number of nitrogens with one attached hydrogen (secondary N) is 1. The maximum Gasteiger partial charge on any atom is 0.235 e. The van der Waals surface area contributed by atoms with Crippen molar-refractivity contribution in [1.82, 2.24) is 4.57 Å². The van der Waals surface area contributed by atoms with Crippen LogP contribution in [0.4, 0.5) is 17.1 Å². The van der Waals surface area contributed by atoms with E-state index in [1.54, 1.807) is 0 Å². The minimum Gasteiger partial charge on any atom is -0.396 e. The Morgan fingerprint density at radius 2 is 1.69 bits per heavy atom. The predicted molar refractivity (Wildman–Crippen MR) is 129 cm³/mol. The lowest BCUT2D eigenvalue weighted by atomic mass is 10.1. The number of aromatic nitrogens is 1. The van der Waals surface area contributed by atoms with Gasteiger partial charge in [0.1, 0.15) is 0 Å². The van der Waals surface area contributed by atoms with Crippen molar-refractivity contribution in [2.24, 2.45) is 0 Å². The average molecular weight is 453 g/mol. The van der Waals surface area contributed by atoms with Crippen molar-refractivity contribution >= 4 is 38.0 Å². The summed E-state index contributed by atoms with van der Waals surface area (Å²) >= 11 is 0. The maximum absolute atomic E-state index is 12.3. The molecule has 2 aromatic carbocycles. The van der Waals surface area contributed by atoms with E-state index < -0.39 is 10.0 Å². The lowest BCUT2D eigenvalue weighted by Gasteiger charge is -2.29. The molecule has 8 heteroatoms. The molecule has 3 N–H and O–H groups in total. The zero-order valence-electron chi connectivity index (χ0n) is 18.0. The summed E-state index contributed by atoms with van der Waals surface area (Å²) in [6, 6.07) is 14.6. The minimum absolute atomic E-state index is 0.240. The van der Waals surface area contributed by atoms with E-state index in [-0.39, 0.29) is 5.25 Å². The monoisotopic (exact) mass is 452 g/mol. The molecule has 0 atom stereocenters. The zero-order valence-corrected chi connectivity index (χ0v) is 18.8. The summed E-state index contributed by atoms with van der Waals surface area (Å²) < 4.78 is 35.1. The second kappa shape index (κ2) is 7.42. The van der Waals surface area contributed by atoms with Gasteiger partial charge in [-0.2, -0.15) is 0 Å². The second-order valence-corrected chi connectivity index (χ2v) is 11.0. The van der Waals surface area contributed by atoms with E-state index in [1.807, 2.05) is 24.3 Å². The van der Waals surface area contributed by atoms with Crippen LogP contribution >= 0.6 is 0 Å². The van der Waals surface area contributed by atoms with Gasteiger partial charge in [-0.05, 0) is 56.0 Å². The molecule has 32 heavy (non-hydrogen) atoms. The van der Waals surface area contributed by atoms with Gasteiger partial charge >= 0.3 is 0 Å². The molecule has 1 saturated heterocycles. The van der Waals surface area contributed by atoms with Gasteiger partial charge in [0.15, 0.2) is 0 Å². The smallest absolute Gasteiger partial charge is 0.235 e. The average Bonchev–Trinajstić information content (AvgIpc) is 3.71. The normalized spacial score (nSPS) is 19.4. The highest BCUT2D eigenvalue weighted by Crippen LogP contribution is 2.47. The highest BCUT2D eigenvalue weighted by molar-refractivity contribution is 7.93. The summed E-state index contributed by atoms with van der Waals surface area (Å²) in [5, 5.41) is 0.832. The molecule has 0 unspecified atom stereocenters. The molecule has 7 nitrogen and oxygen atoms in total. The lowest BCUT2D eigenvalue weighted by Crippen LogP contribution is -2.36. The van der Waals surface area contributed by atoms with E-state index in [4.69, 9.17) is 10.5 Å². The number of morpholine rings is 1. The summed E-state index contributed by atoms with van der Waals surface area (Å²) in [5.74, 6) is 0. The third-order valence-electron chi connectivity index (χ3n) is 6.70. The molecule has 6 rings (SSSR count). The quantitative estimate of drug-likeness (QED) is 0.591. The number of hydrogen-bond acceptors (Lipinski definition) is 5. The first-order chi connectivity index (χ1) is 15.5. The molecule has 2 heterocycles. The van der Waals surface area contributed by atoms with Crippen LogP contribution < -0.4 is 15.4 Å². The number of sulfonamides is 1. The maximum atomic E-state index is 12.3. The van der Waals surface area contributed by atoms with Crippen LogP contribution in [0.15, 0.2) is 42.5 Å². The van der Waals surface area contributed by atoms with Gasteiger partial charge in [0, 0.05) is 41.5 Å². The highest BCUT2D eigenvalue weighted by Gasteiger charge is 2.36. The van der Waals surface area contributed by atoms with Crippen LogP contribution in [-0.2, 0) is 14.8 Å². The molecule has 3 aromatic rings. The molecule has 0 radical (unpaired) electrons. The van der Waals surface area contributed by atoms with Gasteiger partial charge < -0.3 is 19.9 Å². The van der Waals surface area contributed by atoms with Crippen molar-refractivity contribution < 1.29 is 13.2 Å². The highest BCUT2D eigenvalue weighted by atomic mass is 32.2. The third-order valence-corrected chi connectivity index (χ3v) is 8.57. The van der Waals surface area contributed by atoms with Gasteiger partial charge in [-0.25, -0.2) is 8.42 Å². The number of nitrogens with two attached hydrogens (primary N) is 1. The van der Waals surface area contributed by atoms with Crippen LogP contribution in [0.3, 0.4) is 0 Å². The van der Waals surface area contributed by atoms with Gasteiger partial charge in [0.05, 0.1) is 35.4 Å². The number of fused-ring (bicyclic) bond motifs is 1. The number of nitrogen functional groups attached to an aromatic ring is 1. The van der Waals surface area contributed by atoms with E-state index in [0.717, 1.165) is 74.3 Å². The molecule has 1 aromatic heterocycles. The van der Waals surface area contributed by atoms with Gasteiger partial charge in [0.2, 0.25) is 10.0 Å². The number of anilines is 3. The third kappa shape index (κ3) is 3.51. The van der Waals surface area contributed by atoms with E-state index >= 15 is 0 Å². The van der Waals surface area contributed by atoms with Crippen molar-refractivity contribution in [1.29, 1.82) is 0 Å². The van der Waals surface area contributed by atoms with E-state index in [9.17, 15) is 8.42 Å². The van der Waals surface area contributed by atoms with Gasteiger partial charge in [0.25, 0.3) is 0 Å². The molecule has 3 fully saturated rings. The summed E-state index contributed by atoms with van der Waals surface area (Å²) in [6.07, 6.45) is 3.80. The van der Waals surface area contributed by atoms with E-state index in [2.05, 4.69) is 32.4 Å². The number of benzene rings is 2. The van der Waals surface area contributed by atoms with Crippen molar-refractivity contribution in [3.63, 3.8) is 0 Å². The van der Waals surface area contributed by atoms with Gasteiger partial charge in [-0.3, -0.25) is 4.72 Å². The van der Waals surface area contributed by atoms with Crippen LogP contribution in [0.2, 0.25) is 0 Å². The summed E-state index contributed by atoms with van der Waals surface area (Å²) in [7, 11) is -3.27. The zero-order chi connectivity index (χ0) is 21.9. The Bertz CT molecular complexity index is 1270. The van der Waals surface area contributed by atoms with Gasteiger partial charge in [-0.15, -0.1) is 0 Å². The molecular weight excluding hydrogens is 424 g/mol. The summed E-state index contributed by atoms with van der Waals surface area (Å²) in [4.78, 5) is 2.36. The van der Waals surface area contributed by atoms with E-state index in [0.29, 0.717) is 11.7 Å². The Balaban J connectivity index is 1.39. The largest absolute Gasteiger partial charge is 0.396 e. The Morgan fingerprint density at radius 1 is 0.969 bits per heavy atom. The van der Waals surface area contributed by atoms with Crippen LogP contribution in [0.5, 0.6) is 0 Å². The predicted octanol–water partition coefficient (Wildman–Crippen LogP) is 3.97. The van der Waals surface area contributed by atoms with Crippen molar-refractivity contribution in [2.75, 3.05) is 41.7 Å². The molecule has 2 saturated carbocycles. The van der Waals surface area contributed by atoms with Crippen LogP contribution in [0.25, 0.3) is 22.2 Å². The summed E-state index contributed by atoms with van der Waals surface area (Å²) in [6.45, 7) is 3.31. The first-order valence-corrected chi connectivity index (χ1v) is 12.9. The Labute approximate surface area is 188 Å². The molecule has 0 amide bonds. The molecule has 1 aliphatic heterocycles. The number of ether oxygens (including phenoxy) is 1. The molecule has 0 bridgehead atoms. The van der Waals surface area contributed by atoms with Crippen molar-refractivity contribution in [2.45, 2.75) is 37.0 Å². The number of rotatable bonds is 6. The fourth-order valence-corrected chi connectivity index (χ4v) is 6.06. The Morgan fingerprint density at radius 3 is 2.34 bits per heavy atom. The fourth-order valence-electron chi connectivity index (χ4n) is 4.67.